The second-order valence-electron chi connectivity index (χ2n) is 3.37. The van der Waals surface area contributed by atoms with Gasteiger partial charge in [-0.05, 0) is 36.4 Å². The smallest absolute Gasteiger partial charge is 0.0871 e. The fourth-order valence-corrected chi connectivity index (χ4v) is 1.50. The van der Waals surface area contributed by atoms with Crippen molar-refractivity contribution in [3.8, 4) is 12.3 Å². The first kappa shape index (κ1) is 11.4. The minimum absolute atomic E-state index is 0.638. The Balaban J connectivity index is 2.23. The Labute approximate surface area is 105 Å². The average molecular weight is 241 g/mol. The second-order valence-corrected chi connectivity index (χ2v) is 3.81. The molecule has 0 amide bonds. The van der Waals surface area contributed by atoms with Gasteiger partial charge in [0, 0.05) is 10.6 Å². The minimum atomic E-state index is 0.638. The van der Waals surface area contributed by atoms with Crippen molar-refractivity contribution in [3.05, 3.63) is 59.1 Å². The van der Waals surface area contributed by atoms with Crippen molar-refractivity contribution in [1.29, 1.82) is 0 Å². The van der Waals surface area contributed by atoms with Gasteiger partial charge in [-0.3, -0.25) is 0 Å². The Kier molecular flexibility index (Phi) is 3.54. The highest BCUT2D eigenvalue weighted by atomic mass is 35.5. The van der Waals surface area contributed by atoms with Crippen LogP contribution in [0.4, 0.5) is 11.4 Å². The predicted molar refractivity (Wildman–Crippen MR) is 70.0 cm³/mol. The van der Waals surface area contributed by atoms with E-state index in [9.17, 15) is 0 Å². The molecule has 0 saturated heterocycles. The maximum Gasteiger partial charge on any atom is 0.0871 e. The van der Waals surface area contributed by atoms with Crippen molar-refractivity contribution in [3.63, 3.8) is 0 Å². The van der Waals surface area contributed by atoms with Gasteiger partial charge in [-0.2, -0.15) is 10.2 Å². The zero-order valence-corrected chi connectivity index (χ0v) is 9.72. The SMILES string of the molecule is C#Cc1cccc(N=Nc2cccc(Cl)c2)c1. The molecule has 0 saturated carbocycles. The van der Waals surface area contributed by atoms with Gasteiger partial charge in [0.15, 0.2) is 0 Å². The van der Waals surface area contributed by atoms with Crippen molar-refractivity contribution >= 4 is 23.0 Å². The standard InChI is InChI=1S/C14H9ClN2/c1-2-11-5-3-7-13(9-11)16-17-14-8-4-6-12(15)10-14/h1,3-10H. The molecule has 0 aromatic heterocycles. The van der Waals surface area contributed by atoms with Crippen LogP contribution in [0, 0.1) is 12.3 Å². The summed E-state index contributed by atoms with van der Waals surface area (Å²) < 4.78 is 0. The third-order valence-corrected chi connectivity index (χ3v) is 2.34. The highest BCUT2D eigenvalue weighted by molar-refractivity contribution is 6.30. The molecule has 0 fully saturated rings. The van der Waals surface area contributed by atoms with E-state index in [0.717, 1.165) is 11.3 Å². The molecule has 2 nitrogen and oxygen atoms in total. The zero-order chi connectivity index (χ0) is 12.1. The van der Waals surface area contributed by atoms with E-state index in [1.165, 1.54) is 0 Å². The molecule has 0 bridgehead atoms. The van der Waals surface area contributed by atoms with Crippen LogP contribution in [0.2, 0.25) is 5.02 Å². The second kappa shape index (κ2) is 5.29. The molecule has 82 valence electrons. The quantitative estimate of drug-likeness (QED) is 0.535. The lowest BCUT2D eigenvalue weighted by Crippen LogP contribution is -1.71. The summed E-state index contributed by atoms with van der Waals surface area (Å²) in [6.07, 6.45) is 5.31. The summed E-state index contributed by atoms with van der Waals surface area (Å²) in [5, 5.41) is 8.82. The monoisotopic (exact) mass is 240 g/mol. The van der Waals surface area contributed by atoms with Gasteiger partial charge in [-0.1, -0.05) is 29.7 Å². The number of hydrogen-bond donors (Lipinski definition) is 0. The number of hydrogen-bond acceptors (Lipinski definition) is 2. The molecule has 0 aliphatic heterocycles. The number of azo groups is 1. The Hall–Kier alpha value is -2.11. The molecule has 2 rings (SSSR count). The maximum atomic E-state index is 5.85. The Morgan fingerprint density at radius 2 is 1.59 bits per heavy atom. The van der Waals surface area contributed by atoms with Crippen molar-refractivity contribution in [2.45, 2.75) is 0 Å². The summed E-state index contributed by atoms with van der Waals surface area (Å²) in [5.74, 6) is 2.55. The van der Waals surface area contributed by atoms with Crippen LogP contribution in [0.3, 0.4) is 0 Å². The molecule has 0 spiro atoms. The first-order valence-electron chi connectivity index (χ1n) is 5.02. The lowest BCUT2D eigenvalue weighted by Gasteiger charge is -1.95. The third kappa shape index (κ3) is 3.17. The zero-order valence-electron chi connectivity index (χ0n) is 8.97. The molecule has 0 aliphatic carbocycles. The summed E-state index contributed by atoms with van der Waals surface area (Å²) in [4.78, 5) is 0. The van der Waals surface area contributed by atoms with E-state index in [2.05, 4.69) is 16.1 Å². The van der Waals surface area contributed by atoms with E-state index < -0.39 is 0 Å². The largest absolute Gasteiger partial charge is 0.151 e. The molecule has 17 heavy (non-hydrogen) atoms. The summed E-state index contributed by atoms with van der Waals surface area (Å²) in [5.41, 5.74) is 2.22. The average Bonchev–Trinajstić information content (AvgIpc) is 2.37. The lowest BCUT2D eigenvalue weighted by molar-refractivity contribution is 1.23. The number of halogens is 1. The van der Waals surface area contributed by atoms with E-state index in [1.54, 1.807) is 18.2 Å². The number of benzene rings is 2. The van der Waals surface area contributed by atoms with Crippen LogP contribution in [0.15, 0.2) is 58.8 Å². The Bertz CT molecular complexity index is 597. The first-order chi connectivity index (χ1) is 8.28. The van der Waals surface area contributed by atoms with Crippen LogP contribution in [0.5, 0.6) is 0 Å². The molecular formula is C14H9ClN2. The fraction of sp³-hybridized carbons (Fsp3) is 0. The van der Waals surface area contributed by atoms with Crippen LogP contribution in [-0.2, 0) is 0 Å². The van der Waals surface area contributed by atoms with Gasteiger partial charge in [0.1, 0.15) is 0 Å². The maximum absolute atomic E-state index is 5.85. The molecule has 0 atom stereocenters. The van der Waals surface area contributed by atoms with Crippen molar-refractivity contribution in [2.24, 2.45) is 10.2 Å². The van der Waals surface area contributed by atoms with Crippen LogP contribution >= 0.6 is 11.6 Å². The van der Waals surface area contributed by atoms with Crippen molar-refractivity contribution in [2.75, 3.05) is 0 Å². The highest BCUT2D eigenvalue weighted by Crippen LogP contribution is 2.21. The first-order valence-corrected chi connectivity index (χ1v) is 5.40. The van der Waals surface area contributed by atoms with Gasteiger partial charge in [-0.25, -0.2) is 0 Å². The molecule has 0 radical (unpaired) electrons. The number of terminal acetylenes is 1. The lowest BCUT2D eigenvalue weighted by atomic mass is 10.2. The molecule has 0 heterocycles. The summed E-state index contributed by atoms with van der Waals surface area (Å²) in [7, 11) is 0. The van der Waals surface area contributed by atoms with Crippen molar-refractivity contribution < 1.29 is 0 Å². The number of nitrogens with zero attached hydrogens (tertiary/aromatic N) is 2. The molecule has 0 N–H and O–H groups in total. The van der Waals surface area contributed by atoms with Crippen LogP contribution in [-0.4, -0.2) is 0 Å². The summed E-state index contributed by atoms with van der Waals surface area (Å²) in [6, 6.07) is 14.5. The van der Waals surface area contributed by atoms with E-state index in [-0.39, 0.29) is 0 Å². The molecule has 2 aromatic carbocycles. The Morgan fingerprint density at radius 3 is 2.24 bits per heavy atom. The molecule has 3 heteroatoms. The van der Waals surface area contributed by atoms with Gasteiger partial charge in [0.2, 0.25) is 0 Å². The normalized spacial score (nSPS) is 10.4. The number of rotatable bonds is 2. The molecule has 0 aliphatic rings. The molecular weight excluding hydrogens is 232 g/mol. The van der Waals surface area contributed by atoms with Crippen LogP contribution in [0.25, 0.3) is 0 Å². The van der Waals surface area contributed by atoms with E-state index in [0.29, 0.717) is 10.7 Å². The van der Waals surface area contributed by atoms with Gasteiger partial charge >= 0.3 is 0 Å². The summed E-state index contributed by atoms with van der Waals surface area (Å²) >= 11 is 5.85. The van der Waals surface area contributed by atoms with E-state index >= 15 is 0 Å². The fourth-order valence-electron chi connectivity index (χ4n) is 1.31. The predicted octanol–water partition coefficient (Wildman–Crippen LogP) is 4.74. The van der Waals surface area contributed by atoms with Crippen LogP contribution < -0.4 is 0 Å². The summed E-state index contributed by atoms with van der Waals surface area (Å²) in [6.45, 7) is 0. The van der Waals surface area contributed by atoms with E-state index in [1.807, 2.05) is 30.3 Å². The van der Waals surface area contributed by atoms with Gasteiger partial charge in [-0.15, -0.1) is 6.42 Å². The molecule has 2 aromatic rings. The van der Waals surface area contributed by atoms with Crippen LogP contribution in [0.1, 0.15) is 5.56 Å². The van der Waals surface area contributed by atoms with Gasteiger partial charge in [0.25, 0.3) is 0 Å². The van der Waals surface area contributed by atoms with Gasteiger partial charge in [0.05, 0.1) is 11.4 Å². The van der Waals surface area contributed by atoms with Crippen molar-refractivity contribution in [1.82, 2.24) is 0 Å². The topological polar surface area (TPSA) is 24.7 Å². The Morgan fingerprint density at radius 1 is 0.941 bits per heavy atom. The molecule has 0 unspecified atom stereocenters. The van der Waals surface area contributed by atoms with Gasteiger partial charge < -0.3 is 0 Å². The third-order valence-electron chi connectivity index (χ3n) is 2.10. The minimum Gasteiger partial charge on any atom is -0.151 e. The van der Waals surface area contributed by atoms with E-state index in [4.69, 9.17) is 18.0 Å². The highest BCUT2D eigenvalue weighted by Gasteiger charge is 1.93.